The molecule has 0 bridgehead atoms. The summed E-state index contributed by atoms with van der Waals surface area (Å²) in [4.78, 5) is 28.8. The lowest BCUT2D eigenvalue weighted by Gasteiger charge is -2.10. The maximum atomic E-state index is 13.2. The number of thiophene rings is 1. The second-order valence-corrected chi connectivity index (χ2v) is 6.90. The Morgan fingerprint density at radius 2 is 2.12 bits per heavy atom. The number of carbonyl (C=O) groups is 1. The molecule has 0 fully saturated rings. The van der Waals surface area contributed by atoms with Crippen LogP contribution in [0.25, 0.3) is 10.2 Å². The molecule has 9 heteroatoms. The first kappa shape index (κ1) is 17.6. The van der Waals surface area contributed by atoms with Crippen LogP contribution in [0, 0.1) is 11.6 Å². The molecule has 25 heavy (non-hydrogen) atoms. The van der Waals surface area contributed by atoms with Crippen LogP contribution in [0.1, 0.15) is 6.92 Å². The molecule has 0 aliphatic rings. The van der Waals surface area contributed by atoms with E-state index in [0.29, 0.717) is 21.9 Å². The van der Waals surface area contributed by atoms with Gasteiger partial charge in [-0.1, -0.05) is 11.8 Å². The number of hydrogen-bond acceptors (Lipinski definition) is 5. The molecule has 0 spiro atoms. The number of rotatable bonds is 5. The molecule has 1 N–H and O–H groups in total. The predicted molar refractivity (Wildman–Crippen MR) is 95.3 cm³/mol. The standard InChI is InChI=1S/C16H13F2N3O2S2/c1-2-21-15(23)14-12(5-6-24-14)20-16(21)25-8-13(22)19-9-3-4-10(17)11(18)7-9/h3-7H,2,8H2,1H3,(H,19,22). The minimum Gasteiger partial charge on any atom is -0.325 e. The van der Waals surface area contributed by atoms with E-state index >= 15 is 0 Å². The monoisotopic (exact) mass is 381 g/mol. The Morgan fingerprint density at radius 3 is 2.84 bits per heavy atom. The lowest BCUT2D eigenvalue weighted by Crippen LogP contribution is -2.22. The van der Waals surface area contributed by atoms with Crippen molar-refractivity contribution in [1.82, 2.24) is 9.55 Å². The van der Waals surface area contributed by atoms with Crippen molar-refractivity contribution in [2.24, 2.45) is 0 Å². The smallest absolute Gasteiger partial charge is 0.272 e. The van der Waals surface area contributed by atoms with Gasteiger partial charge in [-0.3, -0.25) is 14.2 Å². The molecule has 0 radical (unpaired) electrons. The van der Waals surface area contributed by atoms with Crippen molar-refractivity contribution < 1.29 is 13.6 Å². The molecule has 2 heterocycles. The largest absolute Gasteiger partial charge is 0.325 e. The van der Waals surface area contributed by atoms with E-state index in [-0.39, 0.29) is 17.0 Å². The SMILES string of the molecule is CCn1c(SCC(=O)Nc2ccc(F)c(F)c2)nc2ccsc2c1=O. The summed E-state index contributed by atoms with van der Waals surface area (Å²) in [7, 11) is 0. The van der Waals surface area contributed by atoms with Crippen LogP contribution in [-0.2, 0) is 11.3 Å². The fourth-order valence-electron chi connectivity index (χ4n) is 2.21. The lowest BCUT2D eigenvalue weighted by molar-refractivity contribution is -0.113. The van der Waals surface area contributed by atoms with Gasteiger partial charge in [-0.05, 0) is 30.5 Å². The van der Waals surface area contributed by atoms with Crippen molar-refractivity contribution in [1.29, 1.82) is 0 Å². The molecule has 5 nitrogen and oxygen atoms in total. The van der Waals surface area contributed by atoms with Crippen molar-refractivity contribution in [2.75, 3.05) is 11.1 Å². The summed E-state index contributed by atoms with van der Waals surface area (Å²) in [6.45, 7) is 2.26. The number of thioether (sulfide) groups is 1. The molecule has 3 rings (SSSR count). The molecule has 0 saturated heterocycles. The van der Waals surface area contributed by atoms with Crippen molar-refractivity contribution in [3.63, 3.8) is 0 Å². The lowest BCUT2D eigenvalue weighted by atomic mass is 10.3. The quantitative estimate of drug-likeness (QED) is 0.543. The number of aromatic nitrogens is 2. The predicted octanol–water partition coefficient (Wildman–Crippen LogP) is 3.49. The third kappa shape index (κ3) is 3.72. The number of benzene rings is 1. The number of nitrogens with one attached hydrogen (secondary N) is 1. The van der Waals surface area contributed by atoms with E-state index in [4.69, 9.17) is 0 Å². The van der Waals surface area contributed by atoms with E-state index in [1.54, 1.807) is 11.4 Å². The number of hydrogen-bond donors (Lipinski definition) is 1. The molecular weight excluding hydrogens is 368 g/mol. The first-order valence-electron chi connectivity index (χ1n) is 7.35. The Labute approximate surface area is 149 Å². The molecule has 130 valence electrons. The van der Waals surface area contributed by atoms with Gasteiger partial charge < -0.3 is 5.32 Å². The average Bonchev–Trinajstić information content (AvgIpc) is 3.05. The van der Waals surface area contributed by atoms with Crippen molar-refractivity contribution in [2.45, 2.75) is 18.6 Å². The zero-order valence-electron chi connectivity index (χ0n) is 13.1. The maximum Gasteiger partial charge on any atom is 0.272 e. The van der Waals surface area contributed by atoms with Crippen LogP contribution in [0.15, 0.2) is 39.6 Å². The number of fused-ring (bicyclic) bond motifs is 1. The van der Waals surface area contributed by atoms with E-state index in [9.17, 15) is 18.4 Å². The Morgan fingerprint density at radius 1 is 1.32 bits per heavy atom. The molecule has 1 aromatic carbocycles. The summed E-state index contributed by atoms with van der Waals surface area (Å²) in [5.41, 5.74) is 0.632. The Balaban J connectivity index is 1.74. The summed E-state index contributed by atoms with van der Waals surface area (Å²) >= 11 is 2.45. The van der Waals surface area contributed by atoms with Crippen LogP contribution in [-0.4, -0.2) is 21.2 Å². The van der Waals surface area contributed by atoms with Gasteiger partial charge in [0, 0.05) is 18.3 Å². The molecule has 3 aromatic rings. The molecule has 2 aromatic heterocycles. The zero-order chi connectivity index (χ0) is 18.0. The number of nitrogens with zero attached hydrogens (tertiary/aromatic N) is 2. The van der Waals surface area contributed by atoms with Gasteiger partial charge in [-0.25, -0.2) is 13.8 Å². The highest BCUT2D eigenvalue weighted by atomic mass is 32.2. The second kappa shape index (κ2) is 7.32. The molecule has 1 amide bonds. The Bertz CT molecular complexity index is 1000. The van der Waals surface area contributed by atoms with Gasteiger partial charge in [0.15, 0.2) is 16.8 Å². The summed E-state index contributed by atoms with van der Waals surface area (Å²) < 4.78 is 28.1. The summed E-state index contributed by atoms with van der Waals surface area (Å²) in [5, 5.41) is 4.72. The zero-order valence-corrected chi connectivity index (χ0v) is 14.7. The van der Waals surface area contributed by atoms with Gasteiger partial charge in [0.2, 0.25) is 5.91 Å². The summed E-state index contributed by atoms with van der Waals surface area (Å²) in [6, 6.07) is 4.89. The average molecular weight is 381 g/mol. The van der Waals surface area contributed by atoms with E-state index in [2.05, 4.69) is 10.3 Å². The van der Waals surface area contributed by atoms with Gasteiger partial charge in [-0.2, -0.15) is 0 Å². The van der Waals surface area contributed by atoms with Crippen molar-refractivity contribution >= 4 is 44.9 Å². The molecular formula is C16H13F2N3O2S2. The van der Waals surface area contributed by atoms with Crippen LogP contribution in [0.2, 0.25) is 0 Å². The first-order valence-corrected chi connectivity index (χ1v) is 9.22. The van der Waals surface area contributed by atoms with E-state index in [1.165, 1.54) is 22.0 Å². The van der Waals surface area contributed by atoms with E-state index in [0.717, 1.165) is 23.9 Å². The highest BCUT2D eigenvalue weighted by molar-refractivity contribution is 7.99. The number of amides is 1. The Kier molecular flexibility index (Phi) is 5.14. The molecule has 0 atom stereocenters. The van der Waals surface area contributed by atoms with Crippen molar-refractivity contribution in [3.05, 3.63) is 51.6 Å². The highest BCUT2D eigenvalue weighted by Gasteiger charge is 2.13. The molecule has 0 saturated carbocycles. The van der Waals surface area contributed by atoms with E-state index < -0.39 is 17.5 Å². The summed E-state index contributed by atoms with van der Waals surface area (Å²) in [6.07, 6.45) is 0. The minimum absolute atomic E-state index is 0.0128. The summed E-state index contributed by atoms with van der Waals surface area (Å²) in [5.74, 6) is -2.43. The Hall–Kier alpha value is -2.26. The third-order valence-electron chi connectivity index (χ3n) is 3.38. The van der Waals surface area contributed by atoms with Crippen LogP contribution < -0.4 is 10.9 Å². The fourth-order valence-corrected chi connectivity index (χ4v) is 3.86. The molecule has 0 unspecified atom stereocenters. The topological polar surface area (TPSA) is 64.0 Å². The molecule has 0 aliphatic heterocycles. The van der Waals surface area contributed by atoms with Gasteiger partial charge >= 0.3 is 0 Å². The van der Waals surface area contributed by atoms with Crippen LogP contribution in [0.3, 0.4) is 0 Å². The van der Waals surface area contributed by atoms with Crippen LogP contribution in [0.4, 0.5) is 14.5 Å². The van der Waals surface area contributed by atoms with Crippen molar-refractivity contribution in [3.8, 4) is 0 Å². The van der Waals surface area contributed by atoms with E-state index in [1.807, 2.05) is 6.92 Å². The number of anilines is 1. The second-order valence-electron chi connectivity index (χ2n) is 5.04. The normalized spacial score (nSPS) is 11.0. The minimum atomic E-state index is -1.03. The van der Waals surface area contributed by atoms with Gasteiger partial charge in [0.1, 0.15) is 4.70 Å². The van der Waals surface area contributed by atoms with Gasteiger partial charge in [0.25, 0.3) is 5.56 Å². The van der Waals surface area contributed by atoms with Gasteiger partial charge in [0.05, 0.1) is 11.3 Å². The number of halogens is 2. The highest BCUT2D eigenvalue weighted by Crippen LogP contribution is 2.21. The fraction of sp³-hybridized carbons (Fsp3) is 0.188. The number of carbonyl (C=O) groups excluding carboxylic acids is 1. The van der Waals surface area contributed by atoms with Gasteiger partial charge in [-0.15, -0.1) is 11.3 Å². The molecule has 0 aliphatic carbocycles. The first-order chi connectivity index (χ1) is 12.0. The van der Waals surface area contributed by atoms with Crippen LogP contribution >= 0.6 is 23.1 Å². The third-order valence-corrected chi connectivity index (χ3v) is 5.25. The maximum absolute atomic E-state index is 13.2. The van der Waals surface area contributed by atoms with Crippen LogP contribution in [0.5, 0.6) is 0 Å².